The van der Waals surface area contributed by atoms with Crippen LogP contribution in [0.5, 0.6) is 0 Å². The van der Waals surface area contributed by atoms with E-state index in [0.717, 1.165) is 11.5 Å². The van der Waals surface area contributed by atoms with Crippen LogP contribution in [0.15, 0.2) is 30.6 Å². The minimum absolute atomic E-state index is 0.237. The molecule has 2 aromatic heterocycles. The third-order valence-electron chi connectivity index (χ3n) is 2.91. The summed E-state index contributed by atoms with van der Waals surface area (Å²) in [4.78, 5) is 11.3. The molecule has 0 aliphatic rings. The van der Waals surface area contributed by atoms with Crippen LogP contribution in [0.25, 0.3) is 16.9 Å². The molecular formula is C13H10N6. The number of H-pyrrole nitrogens is 1. The molecule has 1 aromatic carbocycles. The van der Waals surface area contributed by atoms with Gasteiger partial charge in [0.1, 0.15) is 5.82 Å². The van der Waals surface area contributed by atoms with E-state index in [-0.39, 0.29) is 5.49 Å². The zero-order valence-electron chi connectivity index (χ0n) is 10.2. The number of aromatic amines is 1. The molecule has 6 heteroatoms. The number of nitrogens with one attached hydrogen (secondary N) is 2. The molecule has 0 amide bonds. The molecule has 3 aromatic rings. The molecule has 92 valence electrons. The number of hydrogen-bond acceptors (Lipinski definition) is 4. The van der Waals surface area contributed by atoms with E-state index < -0.39 is 0 Å². The van der Waals surface area contributed by atoms with Gasteiger partial charge in [0, 0.05) is 5.69 Å². The lowest BCUT2D eigenvalue weighted by molar-refractivity contribution is 0.983. The van der Waals surface area contributed by atoms with E-state index in [9.17, 15) is 0 Å². The van der Waals surface area contributed by atoms with Crippen molar-refractivity contribution in [1.82, 2.24) is 19.5 Å². The van der Waals surface area contributed by atoms with Crippen molar-refractivity contribution in [2.24, 2.45) is 0 Å². The highest BCUT2D eigenvalue weighted by atomic mass is 15.1. The fourth-order valence-electron chi connectivity index (χ4n) is 2.03. The predicted octanol–water partition coefficient (Wildman–Crippen LogP) is 1.41. The molecule has 0 saturated carbocycles. The SMILES string of the molecule is Cc1nc2c(=N)[nH]cnc2n1-c1ccc(C#N)cc1. The Morgan fingerprint density at radius 3 is 2.74 bits per heavy atom. The Kier molecular flexibility index (Phi) is 2.39. The first-order valence-corrected chi connectivity index (χ1v) is 5.68. The largest absolute Gasteiger partial charge is 0.330 e. The summed E-state index contributed by atoms with van der Waals surface area (Å²) in [7, 11) is 0. The normalized spacial score (nSPS) is 10.5. The van der Waals surface area contributed by atoms with E-state index in [1.165, 1.54) is 6.33 Å². The molecule has 0 bridgehead atoms. The van der Waals surface area contributed by atoms with Gasteiger partial charge >= 0.3 is 0 Å². The van der Waals surface area contributed by atoms with Crippen molar-refractivity contribution < 1.29 is 0 Å². The molecule has 19 heavy (non-hydrogen) atoms. The van der Waals surface area contributed by atoms with E-state index >= 15 is 0 Å². The molecule has 0 saturated heterocycles. The highest BCUT2D eigenvalue weighted by Gasteiger charge is 2.11. The Hall–Kier alpha value is -2.94. The van der Waals surface area contributed by atoms with Crippen LogP contribution in [-0.4, -0.2) is 19.5 Å². The fourth-order valence-corrected chi connectivity index (χ4v) is 2.03. The molecule has 0 aliphatic carbocycles. The van der Waals surface area contributed by atoms with Gasteiger partial charge in [-0.05, 0) is 31.2 Å². The summed E-state index contributed by atoms with van der Waals surface area (Å²) in [6, 6.07) is 9.26. The lowest BCUT2D eigenvalue weighted by Gasteiger charge is -2.05. The van der Waals surface area contributed by atoms with Crippen LogP contribution >= 0.6 is 0 Å². The Morgan fingerprint density at radius 2 is 2.05 bits per heavy atom. The number of nitrogens with zero attached hydrogens (tertiary/aromatic N) is 4. The van der Waals surface area contributed by atoms with Crippen molar-refractivity contribution in [3.63, 3.8) is 0 Å². The maximum atomic E-state index is 8.81. The van der Waals surface area contributed by atoms with E-state index in [1.807, 2.05) is 23.6 Å². The summed E-state index contributed by atoms with van der Waals surface area (Å²) < 4.78 is 1.86. The van der Waals surface area contributed by atoms with Crippen molar-refractivity contribution in [2.75, 3.05) is 0 Å². The fraction of sp³-hybridized carbons (Fsp3) is 0.0769. The minimum Gasteiger partial charge on any atom is -0.330 e. The minimum atomic E-state index is 0.237. The number of imidazole rings is 1. The van der Waals surface area contributed by atoms with Gasteiger partial charge < -0.3 is 4.98 Å². The number of rotatable bonds is 1. The lowest BCUT2D eigenvalue weighted by Crippen LogP contribution is -2.07. The number of hydrogen-bond donors (Lipinski definition) is 2. The zero-order chi connectivity index (χ0) is 13.4. The quantitative estimate of drug-likeness (QED) is 0.683. The maximum absolute atomic E-state index is 8.81. The van der Waals surface area contributed by atoms with E-state index in [0.29, 0.717) is 16.7 Å². The van der Waals surface area contributed by atoms with Crippen LogP contribution < -0.4 is 5.49 Å². The summed E-state index contributed by atoms with van der Waals surface area (Å²) in [6.45, 7) is 1.86. The summed E-state index contributed by atoms with van der Waals surface area (Å²) in [5.41, 5.74) is 2.88. The number of aryl methyl sites for hydroxylation is 1. The number of fused-ring (bicyclic) bond motifs is 1. The van der Waals surface area contributed by atoms with Gasteiger partial charge in [0.15, 0.2) is 16.7 Å². The molecule has 0 unspecified atom stereocenters. The van der Waals surface area contributed by atoms with Crippen LogP contribution in [-0.2, 0) is 0 Å². The molecule has 0 fully saturated rings. The Morgan fingerprint density at radius 1 is 1.32 bits per heavy atom. The molecule has 6 nitrogen and oxygen atoms in total. The molecule has 3 rings (SSSR count). The third-order valence-corrected chi connectivity index (χ3v) is 2.91. The van der Waals surface area contributed by atoms with Gasteiger partial charge in [-0.1, -0.05) is 0 Å². The second-order valence-corrected chi connectivity index (χ2v) is 4.10. The van der Waals surface area contributed by atoms with Gasteiger partial charge in [0.2, 0.25) is 0 Å². The summed E-state index contributed by atoms with van der Waals surface area (Å²) in [5.74, 6) is 0.750. The first-order valence-electron chi connectivity index (χ1n) is 5.68. The van der Waals surface area contributed by atoms with Crippen molar-refractivity contribution in [3.05, 3.63) is 47.5 Å². The number of aromatic nitrogens is 4. The summed E-state index contributed by atoms with van der Waals surface area (Å²) >= 11 is 0. The zero-order valence-corrected chi connectivity index (χ0v) is 10.2. The molecule has 0 aliphatic heterocycles. The second kappa shape index (κ2) is 4.07. The summed E-state index contributed by atoms with van der Waals surface area (Å²) in [5, 5.41) is 16.6. The Balaban J connectivity index is 2.30. The van der Waals surface area contributed by atoms with Crippen LogP contribution in [0.1, 0.15) is 11.4 Å². The average Bonchev–Trinajstić information content (AvgIpc) is 2.77. The first-order chi connectivity index (χ1) is 9.20. The molecule has 0 spiro atoms. The topological polar surface area (TPSA) is 94.1 Å². The first kappa shape index (κ1) is 11.2. The van der Waals surface area contributed by atoms with E-state index in [2.05, 4.69) is 21.0 Å². The van der Waals surface area contributed by atoms with Crippen molar-refractivity contribution >= 4 is 11.2 Å². The van der Waals surface area contributed by atoms with Crippen LogP contribution in [0.2, 0.25) is 0 Å². The molecule has 0 radical (unpaired) electrons. The number of benzene rings is 1. The highest BCUT2D eigenvalue weighted by Crippen LogP contribution is 2.17. The van der Waals surface area contributed by atoms with Gasteiger partial charge in [-0.3, -0.25) is 9.98 Å². The molecular weight excluding hydrogens is 240 g/mol. The third kappa shape index (κ3) is 1.68. The van der Waals surface area contributed by atoms with Crippen LogP contribution in [0, 0.1) is 23.7 Å². The van der Waals surface area contributed by atoms with Crippen LogP contribution in [0.4, 0.5) is 0 Å². The lowest BCUT2D eigenvalue weighted by atomic mass is 10.2. The van der Waals surface area contributed by atoms with Gasteiger partial charge in [-0.25, -0.2) is 9.97 Å². The predicted molar refractivity (Wildman–Crippen MR) is 68.5 cm³/mol. The Labute approximate surface area is 108 Å². The number of nitriles is 1. The van der Waals surface area contributed by atoms with Gasteiger partial charge in [-0.15, -0.1) is 0 Å². The van der Waals surface area contributed by atoms with Gasteiger partial charge in [-0.2, -0.15) is 5.26 Å². The Bertz CT molecular complexity index is 847. The molecule has 2 heterocycles. The highest BCUT2D eigenvalue weighted by molar-refractivity contribution is 5.72. The standard InChI is InChI=1S/C13H10N6/c1-8-18-11-12(15)16-7-17-13(11)19(8)10-4-2-9(6-14)3-5-10/h2-5,7H,1H3,(H2,15,16,17). The average molecular weight is 250 g/mol. The molecule has 2 N–H and O–H groups in total. The summed E-state index contributed by atoms with van der Waals surface area (Å²) in [6.07, 6.45) is 1.48. The van der Waals surface area contributed by atoms with Gasteiger partial charge in [0.25, 0.3) is 0 Å². The van der Waals surface area contributed by atoms with E-state index in [4.69, 9.17) is 10.7 Å². The van der Waals surface area contributed by atoms with Gasteiger partial charge in [0.05, 0.1) is 18.0 Å². The van der Waals surface area contributed by atoms with Crippen molar-refractivity contribution in [1.29, 1.82) is 10.7 Å². The van der Waals surface area contributed by atoms with Crippen molar-refractivity contribution in [2.45, 2.75) is 6.92 Å². The maximum Gasteiger partial charge on any atom is 0.170 e. The monoisotopic (exact) mass is 250 g/mol. The smallest absolute Gasteiger partial charge is 0.170 e. The second-order valence-electron chi connectivity index (χ2n) is 4.10. The van der Waals surface area contributed by atoms with E-state index in [1.54, 1.807) is 12.1 Å². The van der Waals surface area contributed by atoms with Crippen LogP contribution in [0.3, 0.4) is 0 Å². The molecule has 0 atom stereocenters. The van der Waals surface area contributed by atoms with Crippen molar-refractivity contribution in [3.8, 4) is 11.8 Å².